The second kappa shape index (κ2) is 2.58. The molecular formula is C9H10O4. The van der Waals surface area contributed by atoms with Gasteiger partial charge in [0.05, 0.1) is 11.8 Å². The van der Waals surface area contributed by atoms with Crippen LogP contribution in [0.1, 0.15) is 6.42 Å². The Morgan fingerprint density at radius 3 is 1.69 bits per heavy atom. The van der Waals surface area contributed by atoms with Crippen molar-refractivity contribution in [3.8, 4) is 0 Å². The smallest absolute Gasteiger partial charge is 0.307 e. The highest BCUT2D eigenvalue weighted by Gasteiger charge is 2.51. The second-order valence-corrected chi connectivity index (χ2v) is 3.68. The van der Waals surface area contributed by atoms with Crippen molar-refractivity contribution in [3.05, 3.63) is 12.2 Å². The summed E-state index contributed by atoms with van der Waals surface area (Å²) in [6.45, 7) is 0. The van der Waals surface area contributed by atoms with Gasteiger partial charge in [-0.05, 0) is 18.3 Å². The monoisotopic (exact) mass is 182 g/mol. The predicted octanol–water partition coefficient (Wildman–Crippen LogP) is 0.594. The third-order valence-corrected chi connectivity index (χ3v) is 3.03. The third kappa shape index (κ3) is 1.05. The first-order valence-electron chi connectivity index (χ1n) is 4.25. The molecule has 0 amide bonds. The number of hydrogen-bond donors (Lipinski definition) is 2. The summed E-state index contributed by atoms with van der Waals surface area (Å²) < 4.78 is 0. The highest BCUT2D eigenvalue weighted by Crippen LogP contribution is 2.48. The molecule has 2 N–H and O–H groups in total. The zero-order valence-electron chi connectivity index (χ0n) is 6.88. The summed E-state index contributed by atoms with van der Waals surface area (Å²) in [4.78, 5) is 21.6. The van der Waals surface area contributed by atoms with Crippen molar-refractivity contribution >= 4 is 11.9 Å². The Hall–Kier alpha value is -1.32. The lowest BCUT2D eigenvalue weighted by atomic mass is 9.83. The molecule has 0 unspecified atom stereocenters. The molecule has 2 bridgehead atoms. The van der Waals surface area contributed by atoms with Crippen molar-refractivity contribution in [1.29, 1.82) is 0 Å². The van der Waals surface area contributed by atoms with Gasteiger partial charge in [0.15, 0.2) is 0 Å². The first-order valence-corrected chi connectivity index (χ1v) is 4.25. The number of rotatable bonds is 2. The molecule has 0 aromatic carbocycles. The summed E-state index contributed by atoms with van der Waals surface area (Å²) in [5.74, 6) is -3.53. The van der Waals surface area contributed by atoms with Gasteiger partial charge >= 0.3 is 11.9 Å². The molecule has 0 spiro atoms. The Kier molecular flexibility index (Phi) is 1.65. The molecule has 4 nitrogen and oxygen atoms in total. The van der Waals surface area contributed by atoms with Crippen LogP contribution in [0.2, 0.25) is 0 Å². The summed E-state index contributed by atoms with van der Waals surface area (Å²) >= 11 is 0. The van der Waals surface area contributed by atoms with E-state index in [0.717, 1.165) is 0 Å². The fourth-order valence-corrected chi connectivity index (χ4v) is 2.50. The van der Waals surface area contributed by atoms with E-state index in [9.17, 15) is 9.59 Å². The summed E-state index contributed by atoms with van der Waals surface area (Å²) in [6.07, 6.45) is 4.36. The van der Waals surface area contributed by atoms with Crippen LogP contribution in [0, 0.1) is 23.7 Å². The van der Waals surface area contributed by atoms with E-state index in [-0.39, 0.29) is 11.8 Å². The molecular weight excluding hydrogens is 172 g/mol. The van der Waals surface area contributed by atoms with Crippen LogP contribution >= 0.6 is 0 Å². The fraction of sp³-hybridized carbons (Fsp3) is 0.556. The van der Waals surface area contributed by atoms with Gasteiger partial charge in [0.25, 0.3) is 0 Å². The first kappa shape index (κ1) is 8.29. The molecule has 4 atom stereocenters. The topological polar surface area (TPSA) is 74.6 Å². The number of allylic oxidation sites excluding steroid dienone is 2. The van der Waals surface area contributed by atoms with Gasteiger partial charge in [0.2, 0.25) is 0 Å². The summed E-state index contributed by atoms with van der Waals surface area (Å²) in [6, 6.07) is 0. The van der Waals surface area contributed by atoms with Gasteiger partial charge in [0.1, 0.15) is 0 Å². The fourth-order valence-electron chi connectivity index (χ4n) is 2.50. The SMILES string of the molecule is O=C(O)[C@@H]1[C@@H](C(=O)O)[C@H]2C=C[C@H]1C2. The number of aliphatic carboxylic acids is 2. The minimum atomic E-state index is -0.982. The van der Waals surface area contributed by atoms with E-state index in [1.54, 1.807) is 0 Å². The minimum Gasteiger partial charge on any atom is -0.481 e. The lowest BCUT2D eigenvalue weighted by molar-refractivity contribution is -0.154. The lowest BCUT2D eigenvalue weighted by Crippen LogP contribution is -2.32. The van der Waals surface area contributed by atoms with E-state index in [1.807, 2.05) is 12.2 Å². The standard InChI is InChI=1S/C9H10O4/c10-8(11)6-4-1-2-5(3-4)7(6)9(12)13/h1-2,4-7H,3H2,(H,10,11)(H,12,13)/t4-,5-,6-,7-/m0/s1. The van der Waals surface area contributed by atoms with Gasteiger partial charge < -0.3 is 10.2 Å². The molecule has 0 aromatic rings. The van der Waals surface area contributed by atoms with E-state index in [0.29, 0.717) is 6.42 Å². The molecule has 2 rings (SSSR count). The number of carboxylic acid groups (broad SMARTS) is 2. The van der Waals surface area contributed by atoms with Crippen LogP contribution in [0.3, 0.4) is 0 Å². The summed E-state index contributed by atoms with van der Waals surface area (Å²) in [7, 11) is 0. The highest BCUT2D eigenvalue weighted by molar-refractivity contribution is 5.82. The summed E-state index contributed by atoms with van der Waals surface area (Å²) in [5.41, 5.74) is 0. The molecule has 2 aliphatic rings. The van der Waals surface area contributed by atoms with Crippen LogP contribution in [0.25, 0.3) is 0 Å². The molecule has 0 aliphatic heterocycles. The van der Waals surface area contributed by atoms with Crippen molar-refractivity contribution in [2.45, 2.75) is 6.42 Å². The van der Waals surface area contributed by atoms with Crippen LogP contribution < -0.4 is 0 Å². The Bertz CT molecular complexity index is 266. The largest absolute Gasteiger partial charge is 0.481 e. The molecule has 0 radical (unpaired) electrons. The lowest BCUT2D eigenvalue weighted by Gasteiger charge is -2.20. The molecule has 0 aromatic heterocycles. The van der Waals surface area contributed by atoms with Gasteiger partial charge in [-0.25, -0.2) is 0 Å². The Labute approximate surface area is 74.9 Å². The maximum absolute atomic E-state index is 10.8. The highest BCUT2D eigenvalue weighted by atomic mass is 16.4. The molecule has 4 heteroatoms. The van der Waals surface area contributed by atoms with Gasteiger partial charge in [-0.2, -0.15) is 0 Å². The Morgan fingerprint density at radius 2 is 1.38 bits per heavy atom. The second-order valence-electron chi connectivity index (χ2n) is 3.68. The first-order chi connectivity index (χ1) is 6.11. The molecule has 1 fully saturated rings. The third-order valence-electron chi connectivity index (χ3n) is 3.03. The maximum atomic E-state index is 10.8. The zero-order chi connectivity index (χ0) is 9.59. The Balaban J connectivity index is 2.30. The van der Waals surface area contributed by atoms with Crippen molar-refractivity contribution in [1.82, 2.24) is 0 Å². The minimum absolute atomic E-state index is 0.0661. The van der Waals surface area contributed by atoms with Gasteiger partial charge in [-0.1, -0.05) is 12.2 Å². The van der Waals surface area contributed by atoms with Crippen LogP contribution in [0.5, 0.6) is 0 Å². The molecule has 0 heterocycles. The van der Waals surface area contributed by atoms with E-state index >= 15 is 0 Å². The number of hydrogen-bond acceptors (Lipinski definition) is 2. The predicted molar refractivity (Wildman–Crippen MR) is 43.0 cm³/mol. The normalized spacial score (nSPS) is 40.9. The molecule has 1 saturated carbocycles. The summed E-state index contributed by atoms with van der Waals surface area (Å²) in [5, 5.41) is 17.7. The molecule has 13 heavy (non-hydrogen) atoms. The number of carboxylic acids is 2. The van der Waals surface area contributed by atoms with Gasteiger partial charge in [0, 0.05) is 0 Å². The van der Waals surface area contributed by atoms with Crippen LogP contribution in [-0.4, -0.2) is 22.2 Å². The van der Waals surface area contributed by atoms with E-state index in [1.165, 1.54) is 0 Å². The van der Waals surface area contributed by atoms with Crippen LogP contribution in [-0.2, 0) is 9.59 Å². The maximum Gasteiger partial charge on any atom is 0.307 e. The van der Waals surface area contributed by atoms with Crippen molar-refractivity contribution in [2.75, 3.05) is 0 Å². The van der Waals surface area contributed by atoms with E-state index < -0.39 is 23.8 Å². The molecule has 2 aliphatic carbocycles. The van der Waals surface area contributed by atoms with Crippen molar-refractivity contribution < 1.29 is 19.8 Å². The average Bonchev–Trinajstić information content (AvgIpc) is 2.60. The molecule has 70 valence electrons. The van der Waals surface area contributed by atoms with E-state index in [2.05, 4.69) is 0 Å². The zero-order valence-corrected chi connectivity index (χ0v) is 6.88. The average molecular weight is 182 g/mol. The number of carbonyl (C=O) groups is 2. The van der Waals surface area contributed by atoms with Crippen LogP contribution in [0.4, 0.5) is 0 Å². The quantitative estimate of drug-likeness (QED) is 0.613. The van der Waals surface area contributed by atoms with Crippen molar-refractivity contribution in [3.63, 3.8) is 0 Å². The molecule has 0 saturated heterocycles. The Morgan fingerprint density at radius 1 is 1.00 bits per heavy atom. The van der Waals surface area contributed by atoms with Gasteiger partial charge in [-0.15, -0.1) is 0 Å². The van der Waals surface area contributed by atoms with E-state index in [4.69, 9.17) is 10.2 Å². The van der Waals surface area contributed by atoms with Crippen LogP contribution in [0.15, 0.2) is 12.2 Å². The van der Waals surface area contributed by atoms with Gasteiger partial charge in [-0.3, -0.25) is 9.59 Å². The van der Waals surface area contributed by atoms with Crippen molar-refractivity contribution in [2.24, 2.45) is 23.7 Å². The number of fused-ring (bicyclic) bond motifs is 2.